The van der Waals surface area contributed by atoms with Crippen LogP contribution in [-0.2, 0) is 14.8 Å². The fourth-order valence-corrected chi connectivity index (χ4v) is 3.96. The van der Waals surface area contributed by atoms with Crippen LogP contribution in [0.2, 0.25) is 10.0 Å². The van der Waals surface area contributed by atoms with Gasteiger partial charge >= 0.3 is 0 Å². The molecule has 0 aliphatic carbocycles. The van der Waals surface area contributed by atoms with Crippen LogP contribution in [0.5, 0.6) is 0 Å². The number of nitrogens with zero attached hydrogens (tertiary/aromatic N) is 1. The molecule has 0 fully saturated rings. The lowest BCUT2D eigenvalue weighted by molar-refractivity contribution is -0.116. The molecular formula is C14H15Cl2N3O4S. The van der Waals surface area contributed by atoms with E-state index in [9.17, 15) is 13.2 Å². The van der Waals surface area contributed by atoms with Crippen molar-refractivity contribution in [3.63, 3.8) is 0 Å². The van der Waals surface area contributed by atoms with E-state index in [1.54, 1.807) is 12.1 Å². The maximum absolute atomic E-state index is 12.2. The minimum absolute atomic E-state index is 0.00969. The Morgan fingerprint density at radius 1 is 1.21 bits per heavy atom. The number of hydrogen-bond acceptors (Lipinski definition) is 5. The Labute approximate surface area is 149 Å². The molecule has 1 heterocycles. The van der Waals surface area contributed by atoms with Gasteiger partial charge in [-0.1, -0.05) is 28.4 Å². The smallest absolute Gasteiger partial charge is 0.245 e. The van der Waals surface area contributed by atoms with Crippen molar-refractivity contribution in [2.45, 2.75) is 25.2 Å². The fraction of sp³-hybridized carbons (Fsp3) is 0.286. The van der Waals surface area contributed by atoms with Crippen LogP contribution >= 0.6 is 23.2 Å². The number of aryl methyl sites for hydroxylation is 2. The van der Waals surface area contributed by atoms with Crippen LogP contribution in [0.1, 0.15) is 17.9 Å². The van der Waals surface area contributed by atoms with Crippen molar-refractivity contribution in [1.29, 1.82) is 0 Å². The molecule has 2 aromatic rings. The highest BCUT2D eigenvalue weighted by Crippen LogP contribution is 2.22. The van der Waals surface area contributed by atoms with Crippen LogP contribution in [0.4, 0.5) is 5.69 Å². The third kappa shape index (κ3) is 4.70. The summed E-state index contributed by atoms with van der Waals surface area (Å²) in [6.45, 7) is 2.96. The van der Waals surface area contributed by atoms with Crippen molar-refractivity contribution in [2.75, 3.05) is 11.9 Å². The van der Waals surface area contributed by atoms with Crippen molar-refractivity contribution < 1.29 is 17.7 Å². The van der Waals surface area contributed by atoms with Crippen molar-refractivity contribution in [3.8, 4) is 0 Å². The van der Waals surface area contributed by atoms with Gasteiger partial charge in [0.05, 0.1) is 0 Å². The topological polar surface area (TPSA) is 101 Å². The monoisotopic (exact) mass is 391 g/mol. The molecule has 1 aromatic heterocycles. The second-order valence-electron chi connectivity index (χ2n) is 5.01. The molecule has 130 valence electrons. The minimum Gasteiger partial charge on any atom is -0.360 e. The summed E-state index contributed by atoms with van der Waals surface area (Å²) in [6, 6.07) is 4.62. The lowest BCUT2D eigenvalue weighted by Crippen LogP contribution is -2.28. The highest BCUT2D eigenvalue weighted by molar-refractivity contribution is 7.89. The first-order chi connectivity index (χ1) is 11.2. The number of carbonyl (C=O) groups excluding carboxylic acids is 1. The second kappa shape index (κ2) is 7.52. The van der Waals surface area contributed by atoms with Gasteiger partial charge in [-0.25, -0.2) is 13.1 Å². The lowest BCUT2D eigenvalue weighted by atomic mass is 10.3. The van der Waals surface area contributed by atoms with E-state index in [2.05, 4.69) is 15.2 Å². The molecule has 10 heteroatoms. The van der Waals surface area contributed by atoms with Gasteiger partial charge in [-0.2, -0.15) is 0 Å². The predicted molar refractivity (Wildman–Crippen MR) is 90.9 cm³/mol. The van der Waals surface area contributed by atoms with Crippen LogP contribution < -0.4 is 10.0 Å². The molecule has 0 atom stereocenters. The zero-order valence-electron chi connectivity index (χ0n) is 12.9. The van der Waals surface area contributed by atoms with E-state index in [1.807, 2.05) is 0 Å². The Kier molecular flexibility index (Phi) is 5.87. The van der Waals surface area contributed by atoms with Gasteiger partial charge < -0.3 is 9.84 Å². The summed E-state index contributed by atoms with van der Waals surface area (Å²) in [6.07, 6.45) is -0.0628. The normalized spacial score (nSPS) is 11.5. The number of amides is 1. The molecule has 0 saturated heterocycles. The van der Waals surface area contributed by atoms with Gasteiger partial charge in [0.1, 0.15) is 10.6 Å². The molecule has 1 amide bonds. The molecule has 0 radical (unpaired) electrons. The summed E-state index contributed by atoms with van der Waals surface area (Å²) in [5.41, 5.74) is 0.698. The number of carbonyl (C=O) groups is 1. The van der Waals surface area contributed by atoms with E-state index < -0.39 is 10.0 Å². The summed E-state index contributed by atoms with van der Waals surface area (Å²) in [7, 11) is -3.79. The number of sulfonamides is 1. The third-order valence-corrected chi connectivity index (χ3v) is 5.17. The van der Waals surface area contributed by atoms with Gasteiger partial charge in [0.2, 0.25) is 15.9 Å². The summed E-state index contributed by atoms with van der Waals surface area (Å²) in [4.78, 5) is 11.9. The maximum atomic E-state index is 12.2. The molecule has 7 nitrogen and oxygen atoms in total. The fourth-order valence-electron chi connectivity index (χ4n) is 2.08. The number of benzene rings is 1. The van der Waals surface area contributed by atoms with Gasteiger partial charge in [0, 0.05) is 28.7 Å². The van der Waals surface area contributed by atoms with Gasteiger partial charge in [-0.05, 0) is 32.0 Å². The van der Waals surface area contributed by atoms with Crippen molar-refractivity contribution >= 4 is 44.8 Å². The molecule has 0 aliphatic heterocycles. The molecule has 1 aromatic carbocycles. The maximum Gasteiger partial charge on any atom is 0.245 e. The number of hydrogen-bond donors (Lipinski definition) is 2. The predicted octanol–water partition coefficient (Wildman–Crippen LogP) is 2.91. The molecule has 2 N–H and O–H groups in total. The van der Waals surface area contributed by atoms with Gasteiger partial charge in [0.25, 0.3) is 0 Å². The first-order valence-corrected chi connectivity index (χ1v) is 9.11. The van der Waals surface area contributed by atoms with E-state index in [0.29, 0.717) is 15.7 Å². The Morgan fingerprint density at radius 3 is 2.38 bits per heavy atom. The number of rotatable bonds is 6. The van der Waals surface area contributed by atoms with Gasteiger partial charge in [-0.15, -0.1) is 0 Å². The number of anilines is 1. The van der Waals surface area contributed by atoms with E-state index in [0.717, 1.165) is 0 Å². The first kappa shape index (κ1) is 18.7. The summed E-state index contributed by atoms with van der Waals surface area (Å²) in [5, 5.41) is 6.97. The number of aromatic nitrogens is 1. The molecule has 0 aliphatic rings. The van der Waals surface area contributed by atoms with Crippen LogP contribution in [0.15, 0.2) is 27.6 Å². The highest BCUT2D eigenvalue weighted by Gasteiger charge is 2.23. The van der Waals surface area contributed by atoms with E-state index in [1.165, 1.54) is 19.9 Å². The molecule has 0 saturated carbocycles. The highest BCUT2D eigenvalue weighted by atomic mass is 35.5. The largest absolute Gasteiger partial charge is 0.360 e. The Hall–Kier alpha value is -1.61. The van der Waals surface area contributed by atoms with Crippen molar-refractivity contribution in [3.05, 3.63) is 39.7 Å². The summed E-state index contributed by atoms with van der Waals surface area (Å²) < 4.78 is 31.6. The van der Waals surface area contributed by atoms with Crippen LogP contribution in [-0.4, -0.2) is 26.0 Å². The SMILES string of the molecule is Cc1noc(C)c1S(=O)(=O)NCCC(=O)Nc1cc(Cl)cc(Cl)c1. The van der Waals surface area contributed by atoms with E-state index in [4.69, 9.17) is 27.7 Å². The van der Waals surface area contributed by atoms with Gasteiger partial charge in [0.15, 0.2) is 5.76 Å². The molecule has 24 heavy (non-hydrogen) atoms. The Bertz CT molecular complexity index is 825. The number of nitrogens with one attached hydrogen (secondary N) is 2. The summed E-state index contributed by atoms with van der Waals surface area (Å²) in [5.74, 6) is -0.187. The van der Waals surface area contributed by atoms with Crippen molar-refractivity contribution in [1.82, 2.24) is 9.88 Å². The molecule has 2 rings (SSSR count). The van der Waals surface area contributed by atoms with Crippen molar-refractivity contribution in [2.24, 2.45) is 0 Å². The Morgan fingerprint density at radius 2 is 1.83 bits per heavy atom. The molecule has 0 spiro atoms. The Balaban J connectivity index is 1.93. The van der Waals surface area contributed by atoms with E-state index >= 15 is 0 Å². The van der Waals surface area contributed by atoms with Crippen LogP contribution in [0, 0.1) is 13.8 Å². The van der Waals surface area contributed by atoms with Crippen LogP contribution in [0.25, 0.3) is 0 Å². The standard InChI is InChI=1S/C14H15Cl2N3O4S/c1-8-14(9(2)23-19-8)24(21,22)17-4-3-13(20)18-12-6-10(15)5-11(16)7-12/h5-7,17H,3-4H2,1-2H3,(H,18,20). The zero-order chi connectivity index (χ0) is 17.9. The second-order valence-corrected chi connectivity index (χ2v) is 7.58. The molecular weight excluding hydrogens is 377 g/mol. The lowest BCUT2D eigenvalue weighted by Gasteiger charge is -2.08. The number of halogens is 2. The average Bonchev–Trinajstić information content (AvgIpc) is 2.77. The summed E-state index contributed by atoms with van der Waals surface area (Å²) >= 11 is 11.7. The van der Waals surface area contributed by atoms with Crippen LogP contribution in [0.3, 0.4) is 0 Å². The quantitative estimate of drug-likeness (QED) is 0.787. The van der Waals surface area contributed by atoms with E-state index in [-0.39, 0.29) is 35.2 Å². The molecule has 0 bridgehead atoms. The third-order valence-electron chi connectivity index (χ3n) is 3.03. The molecule has 0 unspecified atom stereocenters. The first-order valence-electron chi connectivity index (χ1n) is 6.87. The minimum atomic E-state index is -3.79. The zero-order valence-corrected chi connectivity index (χ0v) is 15.2. The average molecular weight is 392 g/mol. The van der Waals surface area contributed by atoms with Gasteiger partial charge in [-0.3, -0.25) is 4.79 Å².